The van der Waals surface area contributed by atoms with E-state index in [-0.39, 0.29) is 40.9 Å². The molecule has 0 spiro atoms. The molecule has 1 aromatic carbocycles. The molecule has 1 aliphatic carbocycles. The van der Waals surface area contributed by atoms with Crippen molar-refractivity contribution in [3.63, 3.8) is 0 Å². The Morgan fingerprint density at radius 1 is 1.38 bits per heavy atom. The Kier molecular flexibility index (Phi) is 5.98. The van der Waals surface area contributed by atoms with Crippen LogP contribution in [0.25, 0.3) is 0 Å². The molecule has 1 amide bonds. The average Bonchev–Trinajstić information content (AvgIpc) is 3.37. The van der Waals surface area contributed by atoms with Gasteiger partial charge in [-0.1, -0.05) is 13.8 Å². The van der Waals surface area contributed by atoms with Crippen LogP contribution in [0.2, 0.25) is 0 Å². The second-order valence-electron chi connectivity index (χ2n) is 7.72. The van der Waals surface area contributed by atoms with Gasteiger partial charge in [-0.05, 0) is 64.9 Å². The quantitative estimate of drug-likeness (QED) is 0.528. The van der Waals surface area contributed by atoms with Crippen LogP contribution in [-0.4, -0.2) is 20.8 Å². The Hall–Kier alpha value is -2.03. The van der Waals surface area contributed by atoms with E-state index in [0.29, 0.717) is 22.5 Å². The van der Waals surface area contributed by atoms with Crippen LogP contribution in [0.3, 0.4) is 0 Å². The van der Waals surface area contributed by atoms with E-state index >= 15 is 0 Å². The largest absolute Gasteiger partial charge is 0.508 e. The highest BCUT2D eigenvalue weighted by atomic mass is 79.9. The number of hydrogen-bond acceptors (Lipinski definition) is 3. The van der Waals surface area contributed by atoms with Gasteiger partial charge in [0.15, 0.2) is 5.69 Å². The third kappa shape index (κ3) is 4.76. The number of hydrogen-bond donors (Lipinski definition) is 2. The fourth-order valence-corrected chi connectivity index (χ4v) is 4.11. The van der Waals surface area contributed by atoms with Crippen LogP contribution in [0.5, 0.6) is 5.75 Å². The van der Waals surface area contributed by atoms with Crippen molar-refractivity contribution in [2.24, 2.45) is 0 Å². The Labute approximate surface area is 175 Å². The Bertz CT molecular complexity index is 934. The number of amides is 1. The third-order valence-electron chi connectivity index (χ3n) is 4.98. The summed E-state index contributed by atoms with van der Waals surface area (Å²) in [5, 5.41) is 16.5. The van der Waals surface area contributed by atoms with Gasteiger partial charge in [-0.3, -0.25) is 9.48 Å². The number of aromatic nitrogens is 2. The SMILES string of the molecule is Cc1cc(O)c(C(C)C)cc1NC(=O)CCn1nc(C(F)(F)F)c(Br)c1C1CC1. The second kappa shape index (κ2) is 8.01. The number of aromatic hydroxyl groups is 1. The number of carbonyl (C=O) groups is 1. The highest BCUT2D eigenvalue weighted by Crippen LogP contribution is 2.47. The van der Waals surface area contributed by atoms with Gasteiger partial charge < -0.3 is 10.4 Å². The number of rotatable bonds is 6. The van der Waals surface area contributed by atoms with E-state index in [9.17, 15) is 23.1 Å². The first-order valence-electron chi connectivity index (χ1n) is 9.45. The van der Waals surface area contributed by atoms with Crippen molar-refractivity contribution in [3.05, 3.63) is 39.1 Å². The molecule has 1 aromatic heterocycles. The Morgan fingerprint density at radius 3 is 2.59 bits per heavy atom. The lowest BCUT2D eigenvalue weighted by Gasteiger charge is -2.15. The van der Waals surface area contributed by atoms with Crippen molar-refractivity contribution in [1.29, 1.82) is 0 Å². The van der Waals surface area contributed by atoms with Crippen LogP contribution in [-0.2, 0) is 17.5 Å². The third-order valence-corrected chi connectivity index (χ3v) is 5.77. The van der Waals surface area contributed by atoms with Crippen molar-refractivity contribution >= 4 is 27.5 Å². The summed E-state index contributed by atoms with van der Waals surface area (Å²) in [6.45, 7) is 5.69. The molecule has 2 N–H and O–H groups in total. The summed E-state index contributed by atoms with van der Waals surface area (Å²) in [4.78, 5) is 12.4. The molecule has 9 heteroatoms. The first-order chi connectivity index (χ1) is 13.5. The first-order valence-corrected chi connectivity index (χ1v) is 10.2. The summed E-state index contributed by atoms with van der Waals surface area (Å²) in [5.74, 6) is -0.0281. The summed E-state index contributed by atoms with van der Waals surface area (Å²) >= 11 is 3.05. The van der Waals surface area contributed by atoms with Crippen LogP contribution in [0.4, 0.5) is 18.9 Å². The fourth-order valence-electron chi connectivity index (χ4n) is 3.28. The second-order valence-corrected chi connectivity index (χ2v) is 8.51. The number of benzene rings is 1. The van der Waals surface area contributed by atoms with Gasteiger partial charge in [0.05, 0.1) is 16.7 Å². The zero-order valence-electron chi connectivity index (χ0n) is 16.4. The van der Waals surface area contributed by atoms with Gasteiger partial charge in [0, 0.05) is 18.0 Å². The fraction of sp³-hybridized carbons (Fsp3) is 0.500. The minimum atomic E-state index is -4.55. The number of alkyl halides is 3. The molecular weight excluding hydrogens is 451 g/mol. The van der Waals surface area contributed by atoms with Gasteiger partial charge in [-0.2, -0.15) is 18.3 Å². The molecular formula is C20H23BrF3N3O2. The summed E-state index contributed by atoms with van der Waals surface area (Å²) < 4.78 is 40.8. The van der Waals surface area contributed by atoms with Crippen molar-refractivity contribution in [3.8, 4) is 5.75 Å². The number of aryl methyl sites for hydroxylation is 2. The van der Waals surface area contributed by atoms with Crippen LogP contribution >= 0.6 is 15.9 Å². The van der Waals surface area contributed by atoms with Gasteiger partial charge in [0.1, 0.15) is 5.75 Å². The van der Waals surface area contributed by atoms with E-state index in [4.69, 9.17) is 0 Å². The normalized spacial score (nSPS) is 14.5. The van der Waals surface area contributed by atoms with Crippen LogP contribution in [0, 0.1) is 6.92 Å². The van der Waals surface area contributed by atoms with Crippen LogP contribution in [0.15, 0.2) is 16.6 Å². The highest BCUT2D eigenvalue weighted by molar-refractivity contribution is 9.10. The van der Waals surface area contributed by atoms with E-state index in [1.807, 2.05) is 13.8 Å². The predicted octanol–water partition coefficient (Wildman–Crippen LogP) is 5.71. The van der Waals surface area contributed by atoms with E-state index in [0.717, 1.165) is 12.8 Å². The number of halogens is 4. The van der Waals surface area contributed by atoms with Crippen molar-refractivity contribution in [2.75, 3.05) is 5.32 Å². The maximum Gasteiger partial charge on any atom is 0.436 e. The maximum atomic E-state index is 13.2. The molecule has 0 saturated heterocycles. The summed E-state index contributed by atoms with van der Waals surface area (Å²) in [7, 11) is 0. The smallest absolute Gasteiger partial charge is 0.436 e. The number of carbonyl (C=O) groups excluding carboxylic acids is 1. The van der Waals surface area contributed by atoms with Crippen LogP contribution < -0.4 is 5.32 Å². The van der Waals surface area contributed by atoms with Gasteiger partial charge in [-0.25, -0.2) is 0 Å². The van der Waals surface area contributed by atoms with E-state index in [1.54, 1.807) is 19.1 Å². The minimum absolute atomic E-state index is 0.0114. The molecule has 5 nitrogen and oxygen atoms in total. The lowest BCUT2D eigenvalue weighted by atomic mass is 9.99. The molecule has 3 rings (SSSR count). The molecule has 0 bridgehead atoms. The number of anilines is 1. The number of phenols is 1. The molecule has 1 saturated carbocycles. The maximum absolute atomic E-state index is 13.2. The number of phenolic OH excluding ortho intramolecular Hbond substituents is 1. The van der Waals surface area contributed by atoms with Gasteiger partial charge in [0.2, 0.25) is 5.91 Å². The molecule has 0 radical (unpaired) electrons. The van der Waals surface area contributed by atoms with Gasteiger partial charge >= 0.3 is 6.18 Å². The summed E-state index contributed by atoms with van der Waals surface area (Å²) in [6, 6.07) is 3.32. The highest BCUT2D eigenvalue weighted by Gasteiger charge is 2.41. The van der Waals surface area contributed by atoms with Crippen LogP contribution in [0.1, 0.15) is 67.5 Å². The number of nitrogens with zero attached hydrogens (tertiary/aromatic N) is 2. The van der Waals surface area contributed by atoms with Crippen molar-refractivity contribution in [2.45, 2.75) is 64.6 Å². The Morgan fingerprint density at radius 2 is 2.03 bits per heavy atom. The topological polar surface area (TPSA) is 67.2 Å². The van der Waals surface area contributed by atoms with Gasteiger partial charge in [0.25, 0.3) is 0 Å². The zero-order valence-corrected chi connectivity index (χ0v) is 18.0. The summed E-state index contributed by atoms with van der Waals surface area (Å²) in [5.41, 5.74) is 1.56. The molecule has 1 fully saturated rings. The lowest BCUT2D eigenvalue weighted by Crippen LogP contribution is -2.17. The Balaban J connectivity index is 1.74. The molecule has 0 atom stereocenters. The molecule has 1 aliphatic rings. The molecule has 0 aliphatic heterocycles. The molecule has 1 heterocycles. The predicted molar refractivity (Wildman–Crippen MR) is 107 cm³/mol. The van der Waals surface area contributed by atoms with Gasteiger partial charge in [-0.15, -0.1) is 0 Å². The zero-order chi connectivity index (χ0) is 21.5. The molecule has 29 heavy (non-hydrogen) atoms. The lowest BCUT2D eigenvalue weighted by molar-refractivity contribution is -0.142. The van der Waals surface area contributed by atoms with E-state index < -0.39 is 11.9 Å². The standard InChI is InChI=1S/C20H23BrF3N3O2/c1-10(2)13-9-14(11(3)8-15(13)28)25-16(29)6-7-27-18(12-4-5-12)17(21)19(26-27)20(22,23)24/h8-10,12,28H,4-7H2,1-3H3,(H,25,29). The summed E-state index contributed by atoms with van der Waals surface area (Å²) in [6.07, 6.45) is -2.92. The molecule has 158 valence electrons. The van der Waals surface area contributed by atoms with Crippen molar-refractivity contribution in [1.82, 2.24) is 9.78 Å². The molecule has 2 aromatic rings. The van der Waals surface area contributed by atoms with E-state index in [1.165, 1.54) is 4.68 Å². The number of nitrogens with one attached hydrogen (secondary N) is 1. The first kappa shape index (κ1) is 21.7. The monoisotopic (exact) mass is 473 g/mol. The van der Waals surface area contributed by atoms with E-state index in [2.05, 4.69) is 26.3 Å². The minimum Gasteiger partial charge on any atom is -0.508 e. The van der Waals surface area contributed by atoms with Crippen molar-refractivity contribution < 1.29 is 23.1 Å². The molecule has 0 unspecified atom stereocenters. The average molecular weight is 474 g/mol.